The Labute approximate surface area is 164 Å². The Morgan fingerprint density at radius 2 is 1.96 bits per heavy atom. The van der Waals surface area contributed by atoms with Crippen LogP contribution in [0.3, 0.4) is 0 Å². The molecular formula is C21H27N5O2. The van der Waals surface area contributed by atoms with E-state index in [0.717, 1.165) is 30.7 Å². The summed E-state index contributed by atoms with van der Waals surface area (Å²) in [6.45, 7) is 6.42. The molecular weight excluding hydrogens is 354 g/mol. The van der Waals surface area contributed by atoms with Crippen LogP contribution in [0.2, 0.25) is 0 Å². The maximum Gasteiger partial charge on any atom is 0.283 e. The fraction of sp³-hybridized carbons (Fsp3) is 0.476. The number of aliphatic hydroxyl groups is 1. The lowest BCUT2D eigenvalue weighted by Crippen LogP contribution is -2.34. The third kappa shape index (κ3) is 3.30. The molecule has 4 rings (SSSR count). The van der Waals surface area contributed by atoms with E-state index in [1.165, 1.54) is 0 Å². The average molecular weight is 381 g/mol. The molecule has 2 heterocycles. The maximum absolute atomic E-state index is 13.2. The van der Waals surface area contributed by atoms with E-state index >= 15 is 0 Å². The lowest BCUT2D eigenvalue weighted by molar-refractivity contribution is 0.171. The van der Waals surface area contributed by atoms with Gasteiger partial charge in [0, 0.05) is 6.04 Å². The fourth-order valence-electron chi connectivity index (χ4n) is 3.99. The van der Waals surface area contributed by atoms with Crippen LogP contribution in [0.25, 0.3) is 11.2 Å². The van der Waals surface area contributed by atoms with E-state index in [1.807, 2.05) is 43.5 Å². The summed E-state index contributed by atoms with van der Waals surface area (Å²) in [6, 6.07) is 9.93. The highest BCUT2D eigenvalue weighted by Crippen LogP contribution is 2.24. The van der Waals surface area contributed by atoms with E-state index < -0.39 is 6.10 Å². The minimum absolute atomic E-state index is 0.0648. The number of hydrogen-bond donors (Lipinski definition) is 2. The van der Waals surface area contributed by atoms with Gasteiger partial charge in [0.1, 0.15) is 5.82 Å². The summed E-state index contributed by atoms with van der Waals surface area (Å²) < 4.78 is 3.62. The van der Waals surface area contributed by atoms with Gasteiger partial charge in [-0.15, -0.1) is 0 Å². The minimum atomic E-state index is -0.413. The second-order valence-electron chi connectivity index (χ2n) is 7.86. The number of rotatable bonds is 5. The van der Waals surface area contributed by atoms with Crippen LogP contribution in [-0.2, 0) is 6.54 Å². The number of hydrogen-bond acceptors (Lipinski definition) is 5. The van der Waals surface area contributed by atoms with Crippen molar-refractivity contribution < 1.29 is 5.11 Å². The zero-order valence-corrected chi connectivity index (χ0v) is 16.6. The number of aromatic nitrogens is 4. The number of aryl methyl sites for hydroxylation is 1. The molecule has 3 aromatic rings. The summed E-state index contributed by atoms with van der Waals surface area (Å²) in [5, 5.41) is 13.6. The predicted molar refractivity (Wildman–Crippen MR) is 110 cm³/mol. The minimum Gasteiger partial charge on any atom is -0.391 e. The largest absolute Gasteiger partial charge is 0.391 e. The van der Waals surface area contributed by atoms with E-state index in [4.69, 9.17) is 4.98 Å². The van der Waals surface area contributed by atoms with Crippen LogP contribution in [0.4, 0.5) is 5.95 Å². The van der Waals surface area contributed by atoms with Crippen molar-refractivity contribution in [3.05, 3.63) is 52.1 Å². The summed E-state index contributed by atoms with van der Waals surface area (Å²) in [4.78, 5) is 22.6. The number of nitrogens with one attached hydrogen (secondary N) is 1. The second-order valence-corrected chi connectivity index (χ2v) is 7.86. The topological polar surface area (TPSA) is 85.0 Å². The molecule has 0 amide bonds. The van der Waals surface area contributed by atoms with E-state index in [-0.39, 0.29) is 17.6 Å². The molecule has 2 atom stereocenters. The van der Waals surface area contributed by atoms with Crippen molar-refractivity contribution in [3.63, 3.8) is 0 Å². The molecule has 7 nitrogen and oxygen atoms in total. The molecule has 0 saturated heterocycles. The molecule has 0 spiro atoms. The van der Waals surface area contributed by atoms with Gasteiger partial charge < -0.3 is 15.0 Å². The number of fused-ring (bicyclic) bond motifs is 1. The number of nitrogens with zero attached hydrogens (tertiary/aromatic N) is 4. The second kappa shape index (κ2) is 7.39. The van der Waals surface area contributed by atoms with E-state index in [0.29, 0.717) is 23.7 Å². The molecule has 1 aromatic carbocycles. The monoisotopic (exact) mass is 381 g/mol. The summed E-state index contributed by atoms with van der Waals surface area (Å²) in [7, 11) is 0. The predicted octanol–water partition coefficient (Wildman–Crippen LogP) is 2.86. The van der Waals surface area contributed by atoms with Gasteiger partial charge in [-0.25, -0.2) is 4.98 Å². The molecule has 7 heteroatoms. The Morgan fingerprint density at radius 3 is 2.61 bits per heavy atom. The molecule has 1 saturated carbocycles. The molecule has 1 aliphatic carbocycles. The van der Waals surface area contributed by atoms with Crippen LogP contribution >= 0.6 is 0 Å². The smallest absolute Gasteiger partial charge is 0.283 e. The van der Waals surface area contributed by atoms with Crippen molar-refractivity contribution in [2.24, 2.45) is 0 Å². The van der Waals surface area contributed by atoms with Gasteiger partial charge in [-0.05, 0) is 45.6 Å². The first-order valence-electron chi connectivity index (χ1n) is 9.93. The van der Waals surface area contributed by atoms with E-state index in [9.17, 15) is 9.90 Å². The lowest BCUT2D eigenvalue weighted by atomic mass is 10.2. The number of imidazole rings is 1. The highest BCUT2D eigenvalue weighted by molar-refractivity contribution is 5.72. The van der Waals surface area contributed by atoms with Crippen molar-refractivity contribution in [1.29, 1.82) is 0 Å². The number of anilines is 1. The molecule has 0 bridgehead atoms. The van der Waals surface area contributed by atoms with Gasteiger partial charge in [-0.3, -0.25) is 9.36 Å². The fourth-order valence-corrected chi connectivity index (χ4v) is 3.99. The van der Waals surface area contributed by atoms with Crippen LogP contribution in [0.15, 0.2) is 35.1 Å². The van der Waals surface area contributed by atoms with Gasteiger partial charge in [0.25, 0.3) is 5.56 Å². The normalized spacial score (nSPS) is 19.6. The van der Waals surface area contributed by atoms with Gasteiger partial charge in [-0.2, -0.15) is 4.98 Å². The van der Waals surface area contributed by atoms with Gasteiger partial charge in [0.15, 0.2) is 11.2 Å². The van der Waals surface area contributed by atoms with Crippen LogP contribution in [0.5, 0.6) is 0 Å². The Balaban J connectivity index is 1.84. The molecule has 1 aliphatic rings. The van der Waals surface area contributed by atoms with Crippen molar-refractivity contribution in [3.8, 4) is 0 Å². The van der Waals surface area contributed by atoms with Crippen LogP contribution < -0.4 is 10.9 Å². The van der Waals surface area contributed by atoms with E-state index in [1.54, 1.807) is 4.57 Å². The zero-order valence-electron chi connectivity index (χ0n) is 16.6. The summed E-state index contributed by atoms with van der Waals surface area (Å²) in [5.74, 6) is 1.27. The van der Waals surface area contributed by atoms with Crippen molar-refractivity contribution in [1.82, 2.24) is 19.1 Å². The van der Waals surface area contributed by atoms with Crippen molar-refractivity contribution in [2.75, 3.05) is 5.32 Å². The summed E-state index contributed by atoms with van der Waals surface area (Å²) in [5.41, 5.74) is 1.95. The third-order valence-corrected chi connectivity index (χ3v) is 5.49. The standard InChI is InChI=1S/C21H27N5O2/c1-13(2)26-20(28)18-19(24-21(26)23-16-10-7-11-17(16)27)25(14(3)22-18)12-15-8-5-4-6-9-15/h4-6,8-9,13,16-17,27H,7,10-12H2,1-3H3,(H,23,24)/t16-,17-/m1/s1. The van der Waals surface area contributed by atoms with Gasteiger partial charge in [0.2, 0.25) is 5.95 Å². The quantitative estimate of drug-likeness (QED) is 0.710. The molecule has 0 unspecified atom stereocenters. The Hall–Kier alpha value is -2.67. The SMILES string of the molecule is Cc1nc2c(=O)n(C(C)C)c(N[C@@H]3CCC[C@H]3O)nc2n1Cc1ccccc1. The first-order chi connectivity index (χ1) is 13.5. The molecule has 0 radical (unpaired) electrons. The first-order valence-corrected chi connectivity index (χ1v) is 9.93. The van der Waals surface area contributed by atoms with Crippen molar-refractivity contribution >= 4 is 17.1 Å². The first kappa shape index (κ1) is 18.7. The summed E-state index contributed by atoms with van der Waals surface area (Å²) in [6.07, 6.45) is 2.20. The van der Waals surface area contributed by atoms with Crippen molar-refractivity contribution in [2.45, 2.75) is 64.8 Å². The summed E-state index contributed by atoms with van der Waals surface area (Å²) >= 11 is 0. The average Bonchev–Trinajstić information content (AvgIpc) is 3.20. The van der Waals surface area contributed by atoms with Crippen LogP contribution in [-0.4, -0.2) is 36.4 Å². The molecule has 2 N–H and O–H groups in total. The highest BCUT2D eigenvalue weighted by atomic mass is 16.3. The zero-order chi connectivity index (χ0) is 19.8. The lowest BCUT2D eigenvalue weighted by Gasteiger charge is -2.22. The van der Waals surface area contributed by atoms with Gasteiger partial charge in [-0.1, -0.05) is 30.3 Å². The number of benzene rings is 1. The Bertz CT molecular complexity index is 1040. The van der Waals surface area contributed by atoms with Gasteiger partial charge in [0.05, 0.1) is 18.7 Å². The number of aliphatic hydroxyl groups excluding tert-OH is 1. The van der Waals surface area contributed by atoms with Gasteiger partial charge >= 0.3 is 0 Å². The Kier molecular flexibility index (Phi) is 4.93. The molecule has 2 aromatic heterocycles. The maximum atomic E-state index is 13.2. The molecule has 0 aliphatic heterocycles. The third-order valence-electron chi connectivity index (χ3n) is 5.49. The van der Waals surface area contributed by atoms with Crippen LogP contribution in [0, 0.1) is 6.92 Å². The Morgan fingerprint density at radius 1 is 1.21 bits per heavy atom. The molecule has 148 valence electrons. The molecule has 28 heavy (non-hydrogen) atoms. The van der Waals surface area contributed by atoms with E-state index in [2.05, 4.69) is 22.4 Å². The highest BCUT2D eigenvalue weighted by Gasteiger charge is 2.28. The molecule has 1 fully saturated rings. The van der Waals surface area contributed by atoms with Crippen LogP contribution in [0.1, 0.15) is 50.5 Å².